The fourth-order valence-corrected chi connectivity index (χ4v) is 2.11. The Bertz CT molecular complexity index is 342. The maximum absolute atomic E-state index is 13.3. The average molecular weight is 245 g/mol. The molecule has 1 rings (SSSR count). The summed E-state index contributed by atoms with van der Waals surface area (Å²) in [5.41, 5.74) is 6.22. The maximum Gasteiger partial charge on any atom is 0.162 e. The lowest BCUT2D eigenvalue weighted by atomic mass is 10.1. The van der Waals surface area contributed by atoms with E-state index in [-0.39, 0.29) is 6.04 Å². The van der Waals surface area contributed by atoms with Crippen LogP contribution in [0.2, 0.25) is 0 Å². The molecule has 0 saturated carbocycles. The van der Waals surface area contributed by atoms with Crippen LogP contribution in [-0.4, -0.2) is 17.0 Å². The molecular weight excluding hydrogens is 228 g/mol. The lowest BCUT2D eigenvalue weighted by Crippen LogP contribution is -2.26. The van der Waals surface area contributed by atoms with Crippen molar-refractivity contribution in [2.75, 3.05) is 5.75 Å². The van der Waals surface area contributed by atoms with E-state index >= 15 is 0 Å². The van der Waals surface area contributed by atoms with Gasteiger partial charge in [0.25, 0.3) is 0 Å². The molecule has 2 N–H and O–H groups in total. The minimum absolute atomic E-state index is 0.135. The topological polar surface area (TPSA) is 26.0 Å². The first-order chi connectivity index (χ1) is 7.50. The number of hydrogen-bond donors (Lipinski definition) is 1. The Morgan fingerprint density at radius 2 is 2.00 bits per heavy atom. The Balaban J connectivity index is 2.56. The van der Waals surface area contributed by atoms with E-state index < -0.39 is 11.6 Å². The van der Waals surface area contributed by atoms with Crippen molar-refractivity contribution in [3.05, 3.63) is 35.4 Å². The summed E-state index contributed by atoms with van der Waals surface area (Å²) in [6.45, 7) is 4.17. The fraction of sp³-hybridized carbons (Fsp3) is 0.500. The summed E-state index contributed by atoms with van der Waals surface area (Å²) >= 11 is 1.73. The van der Waals surface area contributed by atoms with E-state index in [0.717, 1.165) is 11.8 Å². The quantitative estimate of drug-likeness (QED) is 0.863. The normalized spacial score (nSPS) is 13.1. The molecule has 0 amide bonds. The number of benzene rings is 1. The first kappa shape index (κ1) is 13.5. The van der Waals surface area contributed by atoms with Crippen LogP contribution in [0.3, 0.4) is 0 Å². The first-order valence-electron chi connectivity index (χ1n) is 5.30. The second-order valence-corrected chi connectivity index (χ2v) is 5.67. The standard InChI is InChI=1S/C12H17F2NS/c1-8(2)16-7-10(15)6-9-4-3-5-11(13)12(9)14/h3-5,8,10H,6-7,15H2,1-2H3. The van der Waals surface area contributed by atoms with E-state index in [9.17, 15) is 8.78 Å². The molecule has 0 aliphatic heterocycles. The van der Waals surface area contributed by atoms with Crippen molar-refractivity contribution in [1.82, 2.24) is 0 Å². The van der Waals surface area contributed by atoms with Gasteiger partial charge in [-0.15, -0.1) is 0 Å². The molecule has 4 heteroatoms. The summed E-state index contributed by atoms with van der Waals surface area (Å²) in [6, 6.07) is 4.07. The van der Waals surface area contributed by atoms with E-state index in [1.54, 1.807) is 17.8 Å². The van der Waals surface area contributed by atoms with Gasteiger partial charge in [0.15, 0.2) is 11.6 Å². The van der Waals surface area contributed by atoms with Crippen LogP contribution in [0.5, 0.6) is 0 Å². The van der Waals surface area contributed by atoms with Gasteiger partial charge >= 0.3 is 0 Å². The van der Waals surface area contributed by atoms with Crippen LogP contribution in [0.4, 0.5) is 8.78 Å². The molecule has 1 atom stereocenters. The zero-order valence-electron chi connectivity index (χ0n) is 9.54. The van der Waals surface area contributed by atoms with Gasteiger partial charge in [0.1, 0.15) is 0 Å². The van der Waals surface area contributed by atoms with Crippen molar-refractivity contribution in [1.29, 1.82) is 0 Å². The molecule has 1 unspecified atom stereocenters. The number of thioether (sulfide) groups is 1. The molecule has 1 aromatic carbocycles. The van der Waals surface area contributed by atoms with Crippen LogP contribution in [0.25, 0.3) is 0 Å². The summed E-state index contributed by atoms with van der Waals surface area (Å²) in [7, 11) is 0. The number of rotatable bonds is 5. The lowest BCUT2D eigenvalue weighted by Gasteiger charge is -2.13. The summed E-state index contributed by atoms with van der Waals surface area (Å²) in [6.07, 6.45) is 0.378. The molecule has 0 radical (unpaired) electrons. The molecule has 0 heterocycles. The van der Waals surface area contributed by atoms with E-state index in [2.05, 4.69) is 13.8 Å². The fourth-order valence-electron chi connectivity index (χ4n) is 1.36. The minimum atomic E-state index is -0.804. The number of nitrogens with two attached hydrogens (primary N) is 1. The summed E-state index contributed by atoms with van der Waals surface area (Å²) < 4.78 is 26.2. The Morgan fingerprint density at radius 3 is 2.62 bits per heavy atom. The van der Waals surface area contributed by atoms with Crippen LogP contribution >= 0.6 is 11.8 Å². The Morgan fingerprint density at radius 1 is 1.31 bits per heavy atom. The molecule has 0 aliphatic carbocycles. The van der Waals surface area contributed by atoms with Crippen LogP contribution in [0.15, 0.2) is 18.2 Å². The Labute approximate surface area is 99.4 Å². The van der Waals surface area contributed by atoms with Crippen molar-refractivity contribution in [2.24, 2.45) is 5.73 Å². The van der Waals surface area contributed by atoms with Crippen molar-refractivity contribution in [3.8, 4) is 0 Å². The second-order valence-electron chi connectivity index (χ2n) is 4.06. The van der Waals surface area contributed by atoms with Crippen LogP contribution in [0, 0.1) is 11.6 Å². The largest absolute Gasteiger partial charge is 0.327 e. The highest BCUT2D eigenvalue weighted by atomic mass is 32.2. The Kier molecular flexibility index (Phi) is 5.22. The summed E-state index contributed by atoms with van der Waals surface area (Å²) in [5.74, 6) is -0.818. The number of hydrogen-bond acceptors (Lipinski definition) is 2. The predicted molar refractivity (Wildman–Crippen MR) is 65.6 cm³/mol. The third kappa shape index (κ3) is 4.10. The van der Waals surface area contributed by atoms with Crippen LogP contribution < -0.4 is 5.73 Å². The smallest absolute Gasteiger partial charge is 0.162 e. The molecule has 0 aromatic heterocycles. The molecular formula is C12H17F2NS. The SMILES string of the molecule is CC(C)SCC(N)Cc1cccc(F)c1F. The van der Waals surface area contributed by atoms with Gasteiger partial charge in [-0.1, -0.05) is 26.0 Å². The van der Waals surface area contributed by atoms with Gasteiger partial charge in [-0.2, -0.15) is 11.8 Å². The lowest BCUT2D eigenvalue weighted by molar-refractivity contribution is 0.495. The molecule has 0 aliphatic rings. The molecule has 0 fully saturated rings. The van der Waals surface area contributed by atoms with Crippen molar-refractivity contribution >= 4 is 11.8 Å². The molecule has 16 heavy (non-hydrogen) atoms. The van der Waals surface area contributed by atoms with Crippen LogP contribution in [0.1, 0.15) is 19.4 Å². The molecule has 0 bridgehead atoms. The molecule has 1 aromatic rings. The monoisotopic (exact) mass is 245 g/mol. The summed E-state index contributed by atoms with van der Waals surface area (Å²) in [4.78, 5) is 0. The van der Waals surface area contributed by atoms with E-state index in [0.29, 0.717) is 17.2 Å². The van der Waals surface area contributed by atoms with Gasteiger partial charge in [-0.25, -0.2) is 8.78 Å². The van der Waals surface area contributed by atoms with Crippen molar-refractivity contribution < 1.29 is 8.78 Å². The molecule has 90 valence electrons. The minimum Gasteiger partial charge on any atom is -0.327 e. The zero-order chi connectivity index (χ0) is 12.1. The predicted octanol–water partition coefficient (Wildman–Crippen LogP) is 2.98. The van der Waals surface area contributed by atoms with Crippen LogP contribution in [-0.2, 0) is 6.42 Å². The number of halogens is 2. The first-order valence-corrected chi connectivity index (χ1v) is 6.35. The Hall–Kier alpha value is -0.610. The molecule has 0 saturated heterocycles. The highest BCUT2D eigenvalue weighted by Gasteiger charge is 2.11. The van der Waals surface area contributed by atoms with Gasteiger partial charge < -0.3 is 5.73 Å². The average Bonchev–Trinajstić information content (AvgIpc) is 2.22. The maximum atomic E-state index is 13.3. The van der Waals surface area contributed by atoms with Gasteiger partial charge in [0.05, 0.1) is 0 Å². The zero-order valence-corrected chi connectivity index (χ0v) is 10.4. The molecule has 0 spiro atoms. The van der Waals surface area contributed by atoms with Gasteiger partial charge in [0.2, 0.25) is 0 Å². The highest BCUT2D eigenvalue weighted by Crippen LogP contribution is 2.16. The van der Waals surface area contributed by atoms with E-state index in [1.165, 1.54) is 6.07 Å². The van der Waals surface area contributed by atoms with Gasteiger partial charge in [-0.05, 0) is 23.3 Å². The summed E-state index contributed by atoms with van der Waals surface area (Å²) in [5, 5.41) is 0.503. The third-order valence-electron chi connectivity index (χ3n) is 2.16. The third-order valence-corrected chi connectivity index (χ3v) is 3.44. The van der Waals surface area contributed by atoms with E-state index in [1.807, 2.05) is 0 Å². The van der Waals surface area contributed by atoms with Gasteiger partial charge in [-0.3, -0.25) is 0 Å². The second kappa shape index (κ2) is 6.21. The molecule has 1 nitrogen and oxygen atoms in total. The van der Waals surface area contributed by atoms with Crippen molar-refractivity contribution in [2.45, 2.75) is 31.6 Å². The van der Waals surface area contributed by atoms with Crippen molar-refractivity contribution in [3.63, 3.8) is 0 Å². The highest BCUT2D eigenvalue weighted by molar-refractivity contribution is 7.99. The van der Waals surface area contributed by atoms with Gasteiger partial charge in [0, 0.05) is 11.8 Å². The van der Waals surface area contributed by atoms with E-state index in [4.69, 9.17) is 5.73 Å².